The van der Waals surface area contributed by atoms with Gasteiger partial charge in [-0.05, 0) is 36.4 Å². The second-order valence-electron chi connectivity index (χ2n) is 6.54. The summed E-state index contributed by atoms with van der Waals surface area (Å²) in [6.07, 6.45) is 6.08. The molecule has 5 aromatic rings. The highest BCUT2D eigenvalue weighted by atomic mass is 19.1. The van der Waals surface area contributed by atoms with E-state index < -0.39 is 17.2 Å². The second kappa shape index (κ2) is 6.59. The number of pyridine rings is 2. The van der Waals surface area contributed by atoms with Crippen molar-refractivity contribution in [1.29, 1.82) is 0 Å². The predicted octanol–water partition coefficient (Wildman–Crippen LogP) is 3.43. The van der Waals surface area contributed by atoms with Crippen molar-refractivity contribution in [3.8, 4) is 11.3 Å². The number of benzene rings is 1. The summed E-state index contributed by atoms with van der Waals surface area (Å²) in [5, 5.41) is 0. The van der Waals surface area contributed by atoms with Crippen LogP contribution >= 0.6 is 0 Å². The van der Waals surface area contributed by atoms with Crippen molar-refractivity contribution in [1.82, 2.24) is 23.9 Å². The Morgan fingerprint density at radius 2 is 1.79 bits per heavy atom. The zero-order valence-electron chi connectivity index (χ0n) is 15.0. The Labute approximate surface area is 162 Å². The minimum Gasteiger partial charge on any atom is -0.300 e. The maximum absolute atomic E-state index is 14.8. The van der Waals surface area contributed by atoms with Crippen LogP contribution in [0.2, 0.25) is 0 Å². The Kier molecular flexibility index (Phi) is 3.90. The highest BCUT2D eigenvalue weighted by molar-refractivity contribution is 5.72. The summed E-state index contributed by atoms with van der Waals surface area (Å²) in [6.45, 7) is -0.288. The van der Waals surface area contributed by atoms with Gasteiger partial charge < -0.3 is 0 Å². The zero-order chi connectivity index (χ0) is 20.0. The van der Waals surface area contributed by atoms with Gasteiger partial charge in [-0.1, -0.05) is 6.07 Å². The van der Waals surface area contributed by atoms with Gasteiger partial charge in [0.15, 0.2) is 5.52 Å². The van der Waals surface area contributed by atoms with Crippen molar-refractivity contribution in [2.24, 2.45) is 0 Å². The van der Waals surface area contributed by atoms with E-state index in [1.54, 1.807) is 35.0 Å². The summed E-state index contributed by atoms with van der Waals surface area (Å²) in [5.74, 6) is -1.50. The van der Waals surface area contributed by atoms with E-state index in [1.807, 2.05) is 12.1 Å². The third-order valence-corrected chi connectivity index (χ3v) is 4.77. The Morgan fingerprint density at radius 3 is 2.62 bits per heavy atom. The van der Waals surface area contributed by atoms with Crippen molar-refractivity contribution >= 4 is 16.7 Å². The van der Waals surface area contributed by atoms with E-state index in [1.165, 1.54) is 24.7 Å². The molecule has 5 rings (SSSR count). The summed E-state index contributed by atoms with van der Waals surface area (Å²) < 4.78 is 32.5. The van der Waals surface area contributed by atoms with E-state index in [2.05, 4.69) is 15.0 Å². The van der Waals surface area contributed by atoms with Crippen LogP contribution in [0.4, 0.5) is 8.78 Å². The zero-order valence-corrected chi connectivity index (χ0v) is 15.0. The lowest BCUT2D eigenvalue weighted by Gasteiger charge is -2.10. The Morgan fingerprint density at radius 1 is 0.966 bits per heavy atom. The standard InChI is InChI=1S/C21H13F2N5O/c22-15-8-13(18-10-25-19-5-1-2-7-28(18)19)9-16(23)14(15)11-27-12-26-17-4-3-6-24-20(17)21(27)29/h1-10,12H,11H2. The minimum atomic E-state index is -0.751. The van der Waals surface area contributed by atoms with Crippen LogP contribution in [0.3, 0.4) is 0 Å². The molecule has 142 valence electrons. The van der Waals surface area contributed by atoms with Gasteiger partial charge in [0.1, 0.15) is 17.3 Å². The maximum Gasteiger partial charge on any atom is 0.280 e. The van der Waals surface area contributed by atoms with Crippen LogP contribution in [0.5, 0.6) is 0 Å². The maximum atomic E-state index is 14.8. The molecular weight excluding hydrogens is 376 g/mol. The van der Waals surface area contributed by atoms with E-state index in [-0.39, 0.29) is 17.6 Å². The predicted molar refractivity (Wildman–Crippen MR) is 103 cm³/mol. The summed E-state index contributed by atoms with van der Waals surface area (Å²) >= 11 is 0. The first-order valence-corrected chi connectivity index (χ1v) is 8.82. The molecule has 0 spiro atoms. The van der Waals surface area contributed by atoms with E-state index in [9.17, 15) is 13.6 Å². The molecule has 0 aliphatic heterocycles. The van der Waals surface area contributed by atoms with E-state index in [0.29, 0.717) is 22.4 Å². The van der Waals surface area contributed by atoms with E-state index >= 15 is 0 Å². The number of aromatic nitrogens is 5. The molecule has 8 heteroatoms. The first-order valence-electron chi connectivity index (χ1n) is 8.82. The van der Waals surface area contributed by atoms with Gasteiger partial charge in [0.05, 0.1) is 30.3 Å². The van der Waals surface area contributed by atoms with Gasteiger partial charge in [0.2, 0.25) is 0 Å². The molecule has 0 saturated carbocycles. The summed E-state index contributed by atoms with van der Waals surface area (Å²) in [4.78, 5) is 24.9. The molecule has 29 heavy (non-hydrogen) atoms. The molecule has 0 fully saturated rings. The third kappa shape index (κ3) is 2.85. The van der Waals surface area contributed by atoms with Gasteiger partial charge >= 0.3 is 0 Å². The summed E-state index contributed by atoms with van der Waals surface area (Å²) in [5.41, 5.74) is 1.50. The molecule has 0 aliphatic carbocycles. The van der Waals surface area contributed by atoms with E-state index in [0.717, 1.165) is 4.57 Å². The second-order valence-corrected chi connectivity index (χ2v) is 6.54. The fourth-order valence-electron chi connectivity index (χ4n) is 3.32. The van der Waals surface area contributed by atoms with Gasteiger partial charge in [-0.3, -0.25) is 13.8 Å². The quantitative estimate of drug-likeness (QED) is 0.474. The normalized spacial score (nSPS) is 11.4. The number of hydrogen-bond acceptors (Lipinski definition) is 4. The highest BCUT2D eigenvalue weighted by Crippen LogP contribution is 2.25. The largest absolute Gasteiger partial charge is 0.300 e. The molecule has 0 bridgehead atoms. The fraction of sp³-hybridized carbons (Fsp3) is 0.0476. The molecule has 4 aromatic heterocycles. The lowest BCUT2D eigenvalue weighted by Crippen LogP contribution is -2.23. The van der Waals surface area contributed by atoms with Crippen molar-refractivity contribution in [3.63, 3.8) is 0 Å². The summed E-state index contributed by atoms with van der Waals surface area (Å²) in [7, 11) is 0. The van der Waals surface area contributed by atoms with E-state index in [4.69, 9.17) is 0 Å². The minimum absolute atomic E-state index is 0.151. The third-order valence-electron chi connectivity index (χ3n) is 4.77. The van der Waals surface area contributed by atoms with Crippen molar-refractivity contribution in [2.75, 3.05) is 0 Å². The lowest BCUT2D eigenvalue weighted by atomic mass is 10.1. The highest BCUT2D eigenvalue weighted by Gasteiger charge is 2.16. The lowest BCUT2D eigenvalue weighted by molar-refractivity contribution is 0.541. The Balaban J connectivity index is 1.57. The molecule has 0 saturated heterocycles. The van der Waals surface area contributed by atoms with Gasteiger partial charge in [0.25, 0.3) is 5.56 Å². The molecule has 0 aliphatic rings. The van der Waals surface area contributed by atoms with Crippen LogP contribution in [0, 0.1) is 11.6 Å². The monoisotopic (exact) mass is 389 g/mol. The molecule has 0 N–H and O–H groups in total. The molecule has 0 radical (unpaired) electrons. The molecule has 6 nitrogen and oxygen atoms in total. The van der Waals surface area contributed by atoms with Gasteiger partial charge in [0, 0.05) is 23.5 Å². The summed E-state index contributed by atoms with van der Waals surface area (Å²) in [6, 6.07) is 11.3. The van der Waals surface area contributed by atoms with Crippen LogP contribution in [-0.4, -0.2) is 23.9 Å². The first kappa shape index (κ1) is 17.2. The Hall–Kier alpha value is -3.94. The molecule has 4 heterocycles. The number of imidazole rings is 1. The number of fused-ring (bicyclic) bond motifs is 2. The molecule has 0 unspecified atom stereocenters. The van der Waals surface area contributed by atoms with Crippen molar-refractivity contribution in [2.45, 2.75) is 6.54 Å². The molecule has 0 atom stereocenters. The van der Waals surface area contributed by atoms with Gasteiger partial charge in [-0.2, -0.15) is 0 Å². The number of halogens is 2. The number of nitrogens with zero attached hydrogens (tertiary/aromatic N) is 5. The first-order chi connectivity index (χ1) is 14.1. The fourth-order valence-corrected chi connectivity index (χ4v) is 3.32. The van der Waals surface area contributed by atoms with Crippen LogP contribution in [0.25, 0.3) is 27.9 Å². The van der Waals surface area contributed by atoms with Crippen molar-refractivity contribution in [3.05, 3.63) is 94.9 Å². The van der Waals surface area contributed by atoms with Crippen LogP contribution in [-0.2, 0) is 6.54 Å². The SMILES string of the molecule is O=c1c2ncccc2ncn1Cc1c(F)cc(-c2cnc3ccccn23)cc1F. The van der Waals surface area contributed by atoms with Crippen LogP contribution in [0.15, 0.2) is 72.2 Å². The topological polar surface area (TPSA) is 65.1 Å². The number of rotatable bonds is 3. The molecule has 1 aromatic carbocycles. The molecule has 0 amide bonds. The number of hydrogen-bond donors (Lipinski definition) is 0. The van der Waals surface area contributed by atoms with Gasteiger partial charge in [-0.25, -0.2) is 23.7 Å². The van der Waals surface area contributed by atoms with Crippen molar-refractivity contribution < 1.29 is 8.78 Å². The Bertz CT molecular complexity index is 1420. The van der Waals surface area contributed by atoms with Crippen LogP contribution < -0.4 is 5.56 Å². The smallest absolute Gasteiger partial charge is 0.280 e. The molecular formula is C21H13F2N5O. The van der Waals surface area contributed by atoms with Crippen LogP contribution in [0.1, 0.15) is 5.56 Å². The average Bonchev–Trinajstić information content (AvgIpc) is 3.16. The van der Waals surface area contributed by atoms with Gasteiger partial charge in [-0.15, -0.1) is 0 Å². The average molecular weight is 389 g/mol.